The number of aliphatic hydroxyl groups excluding tert-OH is 1. The van der Waals surface area contributed by atoms with Crippen molar-refractivity contribution in [3.05, 3.63) is 0 Å². The number of hydrogen-bond acceptors (Lipinski definition) is 4. The third kappa shape index (κ3) is 7.82. The van der Waals surface area contributed by atoms with Crippen LogP contribution in [0.25, 0.3) is 0 Å². The van der Waals surface area contributed by atoms with Crippen LogP contribution in [0.4, 0.5) is 0 Å². The van der Waals surface area contributed by atoms with Crippen LogP contribution in [0.5, 0.6) is 0 Å². The molecule has 0 bridgehead atoms. The normalized spacial score (nSPS) is 12.2. The van der Waals surface area contributed by atoms with E-state index in [1.165, 1.54) is 0 Å². The summed E-state index contributed by atoms with van der Waals surface area (Å²) in [6.07, 6.45) is 0. The lowest BCUT2D eigenvalue weighted by atomic mass is 10.1. The van der Waals surface area contributed by atoms with Crippen LogP contribution >= 0.6 is 0 Å². The molecule has 0 heterocycles. The predicted molar refractivity (Wildman–Crippen MR) is 81.7 cm³/mol. The number of likely N-dealkylation sites (N-methyl/N-ethyl adjacent to an activating group) is 1. The number of amides is 1. The molecule has 0 aliphatic heterocycles. The van der Waals surface area contributed by atoms with Gasteiger partial charge in [0.05, 0.1) is 19.8 Å². The highest BCUT2D eigenvalue weighted by atomic mass is 16.5. The zero-order valence-corrected chi connectivity index (χ0v) is 14.0. The summed E-state index contributed by atoms with van der Waals surface area (Å²) in [5, 5.41) is 8.68. The summed E-state index contributed by atoms with van der Waals surface area (Å²) in [6, 6.07) is 0. The van der Waals surface area contributed by atoms with Crippen LogP contribution < -0.4 is 0 Å². The number of aliphatic hydroxyl groups is 1. The molecule has 0 rings (SSSR count). The molecular formula is C15H32N2O3. The Morgan fingerprint density at radius 1 is 1.15 bits per heavy atom. The van der Waals surface area contributed by atoms with Crippen molar-refractivity contribution < 1.29 is 14.6 Å². The fraction of sp³-hybridized carbons (Fsp3) is 0.933. The van der Waals surface area contributed by atoms with Gasteiger partial charge in [-0.3, -0.25) is 9.69 Å². The molecule has 0 atom stereocenters. The van der Waals surface area contributed by atoms with E-state index in [4.69, 9.17) is 9.84 Å². The minimum atomic E-state index is -0.00668. The monoisotopic (exact) mass is 288 g/mol. The maximum atomic E-state index is 12.2. The first-order valence-electron chi connectivity index (χ1n) is 7.38. The topological polar surface area (TPSA) is 53.0 Å². The van der Waals surface area contributed by atoms with Crippen molar-refractivity contribution in [2.45, 2.75) is 40.2 Å². The summed E-state index contributed by atoms with van der Waals surface area (Å²) >= 11 is 0. The van der Waals surface area contributed by atoms with Crippen molar-refractivity contribution in [3.63, 3.8) is 0 Å². The standard InChI is InChI=1S/C15H32N2O3/c1-13(2)14(19)17(9-11-20-12-10-18)8-7-16(6)15(3,4)5/h13,18H,7-12H2,1-6H3. The third-order valence-electron chi connectivity index (χ3n) is 3.40. The van der Waals surface area contributed by atoms with Gasteiger partial charge in [0, 0.05) is 31.1 Å². The highest BCUT2D eigenvalue weighted by Gasteiger charge is 2.21. The number of nitrogens with zero attached hydrogens (tertiary/aromatic N) is 2. The summed E-state index contributed by atoms with van der Waals surface area (Å²) in [6.45, 7) is 13.2. The van der Waals surface area contributed by atoms with Gasteiger partial charge in [0.2, 0.25) is 5.91 Å². The molecule has 0 radical (unpaired) electrons. The van der Waals surface area contributed by atoms with Crippen molar-refractivity contribution >= 4 is 5.91 Å². The van der Waals surface area contributed by atoms with Gasteiger partial charge in [0.25, 0.3) is 0 Å². The van der Waals surface area contributed by atoms with E-state index in [1.807, 2.05) is 18.7 Å². The zero-order valence-electron chi connectivity index (χ0n) is 14.0. The SMILES string of the molecule is CC(C)C(=O)N(CCOCCO)CCN(C)C(C)(C)C. The van der Waals surface area contributed by atoms with Crippen molar-refractivity contribution in [2.75, 3.05) is 46.5 Å². The Hall–Kier alpha value is -0.650. The van der Waals surface area contributed by atoms with Crippen molar-refractivity contribution in [1.82, 2.24) is 9.80 Å². The molecule has 5 heteroatoms. The molecule has 0 fully saturated rings. The average Bonchev–Trinajstić information content (AvgIpc) is 2.35. The van der Waals surface area contributed by atoms with E-state index in [1.54, 1.807) is 0 Å². The van der Waals surface area contributed by atoms with Gasteiger partial charge < -0.3 is 14.7 Å². The highest BCUT2D eigenvalue weighted by molar-refractivity contribution is 5.78. The lowest BCUT2D eigenvalue weighted by Crippen LogP contribution is -2.46. The van der Waals surface area contributed by atoms with Crippen LogP contribution in [-0.4, -0.2) is 72.9 Å². The van der Waals surface area contributed by atoms with E-state index in [0.717, 1.165) is 6.54 Å². The molecule has 0 aromatic carbocycles. The molecule has 0 aromatic rings. The molecule has 0 saturated heterocycles. The first-order valence-corrected chi connectivity index (χ1v) is 7.38. The van der Waals surface area contributed by atoms with E-state index in [-0.39, 0.29) is 24.0 Å². The molecule has 0 saturated carbocycles. The summed E-state index contributed by atoms with van der Waals surface area (Å²) in [5.41, 5.74) is 0.0972. The second kappa shape index (κ2) is 9.32. The van der Waals surface area contributed by atoms with Gasteiger partial charge in [-0.05, 0) is 27.8 Å². The fourth-order valence-corrected chi connectivity index (χ4v) is 1.64. The quantitative estimate of drug-likeness (QED) is 0.648. The second-order valence-electron chi connectivity index (χ2n) is 6.41. The third-order valence-corrected chi connectivity index (χ3v) is 3.40. The Labute approximate surface area is 123 Å². The Morgan fingerprint density at radius 3 is 2.20 bits per heavy atom. The molecule has 0 spiro atoms. The summed E-state index contributed by atoms with van der Waals surface area (Å²) in [5.74, 6) is 0.146. The molecule has 0 unspecified atom stereocenters. The van der Waals surface area contributed by atoms with Gasteiger partial charge in [-0.25, -0.2) is 0 Å². The van der Waals surface area contributed by atoms with E-state index in [2.05, 4.69) is 32.7 Å². The Kier molecular flexibility index (Phi) is 9.01. The smallest absolute Gasteiger partial charge is 0.225 e. The molecular weight excluding hydrogens is 256 g/mol. The van der Waals surface area contributed by atoms with Crippen molar-refractivity contribution in [3.8, 4) is 0 Å². The van der Waals surface area contributed by atoms with Crippen LogP contribution in [0.15, 0.2) is 0 Å². The maximum Gasteiger partial charge on any atom is 0.225 e. The summed E-state index contributed by atoms with van der Waals surface area (Å²) in [4.78, 5) is 16.3. The van der Waals surface area contributed by atoms with E-state index in [9.17, 15) is 4.79 Å². The minimum absolute atomic E-state index is 0.00668. The molecule has 1 amide bonds. The maximum absolute atomic E-state index is 12.2. The highest BCUT2D eigenvalue weighted by Crippen LogP contribution is 2.10. The first-order chi connectivity index (χ1) is 9.20. The number of hydrogen-bond donors (Lipinski definition) is 1. The van der Waals surface area contributed by atoms with Gasteiger partial charge in [0.15, 0.2) is 0 Å². The lowest BCUT2D eigenvalue weighted by Gasteiger charge is -2.34. The Morgan fingerprint density at radius 2 is 1.75 bits per heavy atom. The Balaban J connectivity index is 4.35. The van der Waals surface area contributed by atoms with E-state index >= 15 is 0 Å². The van der Waals surface area contributed by atoms with Crippen LogP contribution in [-0.2, 0) is 9.53 Å². The first kappa shape index (κ1) is 19.4. The molecule has 0 aliphatic carbocycles. The van der Waals surface area contributed by atoms with Crippen LogP contribution in [0, 0.1) is 5.92 Å². The van der Waals surface area contributed by atoms with Gasteiger partial charge in [-0.15, -0.1) is 0 Å². The summed E-state index contributed by atoms with van der Waals surface area (Å²) < 4.78 is 5.26. The Bertz CT molecular complexity index is 275. The number of rotatable bonds is 9. The number of carbonyl (C=O) groups excluding carboxylic acids is 1. The van der Waals surface area contributed by atoms with Gasteiger partial charge >= 0.3 is 0 Å². The number of carbonyl (C=O) groups is 1. The molecule has 20 heavy (non-hydrogen) atoms. The van der Waals surface area contributed by atoms with Crippen molar-refractivity contribution in [2.24, 2.45) is 5.92 Å². The molecule has 5 nitrogen and oxygen atoms in total. The number of ether oxygens (including phenoxy) is 1. The molecule has 0 aliphatic rings. The predicted octanol–water partition coefficient (Wildman–Crippen LogP) is 1.21. The van der Waals surface area contributed by atoms with E-state index < -0.39 is 0 Å². The van der Waals surface area contributed by atoms with Crippen LogP contribution in [0.1, 0.15) is 34.6 Å². The lowest BCUT2D eigenvalue weighted by molar-refractivity contribution is -0.135. The van der Waals surface area contributed by atoms with Gasteiger partial charge in [0.1, 0.15) is 0 Å². The molecule has 120 valence electrons. The van der Waals surface area contributed by atoms with Gasteiger partial charge in [-0.1, -0.05) is 13.8 Å². The second-order valence-corrected chi connectivity index (χ2v) is 6.41. The van der Waals surface area contributed by atoms with Crippen LogP contribution in [0.3, 0.4) is 0 Å². The van der Waals surface area contributed by atoms with E-state index in [0.29, 0.717) is 26.3 Å². The fourth-order valence-electron chi connectivity index (χ4n) is 1.64. The van der Waals surface area contributed by atoms with Crippen molar-refractivity contribution in [1.29, 1.82) is 0 Å². The van der Waals surface area contributed by atoms with Gasteiger partial charge in [-0.2, -0.15) is 0 Å². The molecule has 0 aromatic heterocycles. The largest absolute Gasteiger partial charge is 0.394 e. The van der Waals surface area contributed by atoms with Crippen LogP contribution in [0.2, 0.25) is 0 Å². The zero-order chi connectivity index (χ0) is 15.8. The molecule has 1 N–H and O–H groups in total. The minimum Gasteiger partial charge on any atom is -0.394 e. The average molecular weight is 288 g/mol. The summed E-state index contributed by atoms with van der Waals surface area (Å²) in [7, 11) is 2.07.